The average molecular weight is 276 g/mol. The molecule has 2 unspecified atom stereocenters. The van der Waals surface area contributed by atoms with Crippen LogP contribution in [0.2, 0.25) is 0 Å². The van der Waals surface area contributed by atoms with E-state index in [2.05, 4.69) is 16.7 Å². The maximum absolute atomic E-state index is 12.0. The molecule has 2 N–H and O–H groups in total. The molecule has 1 heterocycles. The first-order chi connectivity index (χ1) is 9.31. The molecule has 1 aromatic rings. The predicted octanol–water partition coefficient (Wildman–Crippen LogP) is 2.40. The van der Waals surface area contributed by atoms with E-state index in [1.54, 1.807) is 0 Å². The van der Waals surface area contributed by atoms with E-state index >= 15 is 0 Å². The lowest BCUT2D eigenvalue weighted by Gasteiger charge is -2.29. The van der Waals surface area contributed by atoms with E-state index in [1.165, 1.54) is 0 Å². The van der Waals surface area contributed by atoms with E-state index in [1.807, 2.05) is 52.8 Å². The number of ether oxygens (including phenoxy) is 1. The molecule has 4 nitrogen and oxygen atoms in total. The van der Waals surface area contributed by atoms with E-state index in [-0.39, 0.29) is 29.6 Å². The Hall–Kier alpha value is -1.55. The van der Waals surface area contributed by atoms with Crippen LogP contribution in [-0.4, -0.2) is 23.6 Å². The molecule has 0 bridgehead atoms. The molecule has 2 atom stereocenters. The topological polar surface area (TPSA) is 50.4 Å². The van der Waals surface area contributed by atoms with E-state index in [0.717, 1.165) is 11.3 Å². The Morgan fingerprint density at radius 1 is 1.25 bits per heavy atom. The molecule has 0 saturated heterocycles. The minimum atomic E-state index is -0.365. The monoisotopic (exact) mass is 276 g/mol. The lowest BCUT2D eigenvalue weighted by molar-refractivity contribution is -0.123. The summed E-state index contributed by atoms with van der Waals surface area (Å²) in [4.78, 5) is 12.0. The number of benzene rings is 1. The van der Waals surface area contributed by atoms with Gasteiger partial charge in [0.15, 0.2) is 0 Å². The third-order valence-corrected chi connectivity index (χ3v) is 3.54. The number of rotatable bonds is 4. The molecule has 1 amide bonds. The molecular formula is C16H24N2O2. The van der Waals surface area contributed by atoms with Crippen molar-refractivity contribution < 1.29 is 9.53 Å². The second-order valence-electron chi connectivity index (χ2n) is 6.23. The highest BCUT2D eigenvalue weighted by molar-refractivity contribution is 5.81. The first-order valence-corrected chi connectivity index (χ1v) is 7.15. The molecule has 1 aliphatic heterocycles. The summed E-state index contributed by atoms with van der Waals surface area (Å²) in [5.74, 6) is 0.909. The Kier molecular flexibility index (Phi) is 4.04. The molecule has 1 aromatic carbocycles. The van der Waals surface area contributed by atoms with Crippen molar-refractivity contribution in [2.75, 3.05) is 0 Å². The fraction of sp³-hybridized carbons (Fsp3) is 0.562. The van der Waals surface area contributed by atoms with Crippen LogP contribution >= 0.6 is 0 Å². The van der Waals surface area contributed by atoms with Gasteiger partial charge in [0.05, 0.1) is 12.1 Å². The van der Waals surface area contributed by atoms with Gasteiger partial charge in [0, 0.05) is 11.6 Å². The van der Waals surface area contributed by atoms with Crippen LogP contribution in [0.3, 0.4) is 0 Å². The fourth-order valence-electron chi connectivity index (χ4n) is 2.55. The second-order valence-corrected chi connectivity index (χ2v) is 6.23. The SMILES string of the molecule is CC(C)NC(=O)C(C)NC1c2ccccc2OC1(C)C. The molecule has 0 fully saturated rings. The zero-order chi connectivity index (χ0) is 14.9. The Morgan fingerprint density at radius 2 is 1.90 bits per heavy atom. The quantitative estimate of drug-likeness (QED) is 0.888. The molecule has 0 radical (unpaired) electrons. The second kappa shape index (κ2) is 5.44. The summed E-state index contributed by atoms with van der Waals surface area (Å²) < 4.78 is 5.97. The number of fused-ring (bicyclic) bond motifs is 1. The van der Waals surface area contributed by atoms with E-state index in [0.29, 0.717) is 0 Å². The van der Waals surface area contributed by atoms with Crippen molar-refractivity contribution in [1.29, 1.82) is 0 Å². The molecule has 1 aliphatic rings. The molecule has 0 aliphatic carbocycles. The normalized spacial score (nSPS) is 21.2. The zero-order valence-electron chi connectivity index (χ0n) is 12.9. The largest absolute Gasteiger partial charge is 0.486 e. The predicted molar refractivity (Wildman–Crippen MR) is 79.8 cm³/mol. The third-order valence-electron chi connectivity index (χ3n) is 3.54. The smallest absolute Gasteiger partial charge is 0.237 e. The van der Waals surface area contributed by atoms with Gasteiger partial charge in [-0.2, -0.15) is 0 Å². The van der Waals surface area contributed by atoms with Gasteiger partial charge < -0.3 is 10.1 Å². The summed E-state index contributed by atoms with van der Waals surface area (Å²) in [7, 11) is 0. The average Bonchev–Trinajstić information content (AvgIpc) is 2.59. The van der Waals surface area contributed by atoms with Crippen LogP contribution in [0.5, 0.6) is 5.75 Å². The Labute approximate surface area is 120 Å². The highest BCUT2D eigenvalue weighted by Crippen LogP contribution is 2.42. The van der Waals surface area contributed by atoms with Crippen molar-refractivity contribution >= 4 is 5.91 Å². The molecule has 4 heteroatoms. The summed E-state index contributed by atoms with van der Waals surface area (Å²) in [6, 6.07) is 7.87. The summed E-state index contributed by atoms with van der Waals surface area (Å²) in [6.45, 7) is 9.88. The number of nitrogens with one attached hydrogen (secondary N) is 2. The summed E-state index contributed by atoms with van der Waals surface area (Å²) in [5, 5.41) is 6.32. The maximum Gasteiger partial charge on any atom is 0.237 e. The van der Waals surface area contributed by atoms with E-state index in [9.17, 15) is 4.79 Å². The minimum absolute atomic E-state index is 0.00612. The van der Waals surface area contributed by atoms with Crippen LogP contribution in [0.15, 0.2) is 24.3 Å². The molecule has 20 heavy (non-hydrogen) atoms. The number of hydrogen-bond donors (Lipinski definition) is 2. The fourth-order valence-corrected chi connectivity index (χ4v) is 2.55. The van der Waals surface area contributed by atoms with Crippen LogP contribution in [0.4, 0.5) is 0 Å². The van der Waals surface area contributed by atoms with Crippen LogP contribution in [0.25, 0.3) is 0 Å². The number of carbonyl (C=O) groups excluding carboxylic acids is 1. The molecule has 110 valence electrons. The highest BCUT2D eigenvalue weighted by atomic mass is 16.5. The number of amides is 1. The maximum atomic E-state index is 12.0. The van der Waals surface area contributed by atoms with Gasteiger partial charge in [-0.1, -0.05) is 18.2 Å². The molecule has 2 rings (SSSR count). The highest BCUT2D eigenvalue weighted by Gasteiger charge is 2.41. The van der Waals surface area contributed by atoms with Crippen LogP contribution in [0.1, 0.15) is 46.2 Å². The van der Waals surface area contributed by atoms with E-state index in [4.69, 9.17) is 4.74 Å². The first-order valence-electron chi connectivity index (χ1n) is 7.15. The van der Waals surface area contributed by atoms with Crippen LogP contribution in [-0.2, 0) is 4.79 Å². The molecule has 0 saturated carbocycles. The summed E-state index contributed by atoms with van der Waals surface area (Å²) >= 11 is 0. The van der Waals surface area contributed by atoms with E-state index < -0.39 is 0 Å². The zero-order valence-corrected chi connectivity index (χ0v) is 12.9. The minimum Gasteiger partial charge on any atom is -0.486 e. The van der Waals surface area contributed by atoms with Gasteiger partial charge in [0.1, 0.15) is 11.4 Å². The third kappa shape index (κ3) is 2.96. The Balaban J connectivity index is 2.14. The van der Waals surface area contributed by atoms with Gasteiger partial charge in [-0.15, -0.1) is 0 Å². The van der Waals surface area contributed by atoms with Gasteiger partial charge in [-0.05, 0) is 40.7 Å². The van der Waals surface area contributed by atoms with Gasteiger partial charge in [0.2, 0.25) is 5.91 Å². The van der Waals surface area contributed by atoms with Crippen molar-refractivity contribution in [2.24, 2.45) is 0 Å². The van der Waals surface area contributed by atoms with Gasteiger partial charge in [-0.3, -0.25) is 10.1 Å². The van der Waals surface area contributed by atoms with Crippen LogP contribution < -0.4 is 15.4 Å². The summed E-state index contributed by atoms with van der Waals surface area (Å²) in [5.41, 5.74) is 0.748. The molecular weight excluding hydrogens is 252 g/mol. The standard InChI is InChI=1S/C16H24N2O2/c1-10(2)17-15(19)11(3)18-14-12-8-6-7-9-13(12)20-16(14,4)5/h6-11,14,18H,1-5H3,(H,17,19). The van der Waals surface area contributed by atoms with Gasteiger partial charge >= 0.3 is 0 Å². The lowest BCUT2D eigenvalue weighted by Crippen LogP contribution is -2.50. The van der Waals surface area contributed by atoms with Gasteiger partial charge in [0.25, 0.3) is 0 Å². The summed E-state index contributed by atoms with van der Waals surface area (Å²) in [6.07, 6.45) is 0. The van der Waals surface area contributed by atoms with Crippen molar-refractivity contribution in [3.05, 3.63) is 29.8 Å². The Morgan fingerprint density at radius 3 is 2.55 bits per heavy atom. The molecule has 0 spiro atoms. The van der Waals surface area contributed by atoms with Crippen LogP contribution in [0, 0.1) is 0 Å². The number of carbonyl (C=O) groups is 1. The Bertz CT molecular complexity index is 497. The number of hydrogen-bond acceptors (Lipinski definition) is 3. The van der Waals surface area contributed by atoms with Crippen molar-refractivity contribution in [3.63, 3.8) is 0 Å². The molecule has 0 aromatic heterocycles. The van der Waals surface area contributed by atoms with Gasteiger partial charge in [-0.25, -0.2) is 0 Å². The van der Waals surface area contributed by atoms with Crippen molar-refractivity contribution in [1.82, 2.24) is 10.6 Å². The first kappa shape index (κ1) is 14.9. The number of para-hydroxylation sites is 1. The lowest BCUT2D eigenvalue weighted by atomic mass is 9.93. The van der Waals surface area contributed by atoms with Crippen molar-refractivity contribution in [3.8, 4) is 5.75 Å². The van der Waals surface area contributed by atoms with Crippen molar-refractivity contribution in [2.45, 2.75) is 58.3 Å².